The van der Waals surface area contributed by atoms with Crippen LogP contribution in [0, 0.1) is 0 Å². The standard InChI is InChI=1S/C12H17NO3S/c1-17(15,16)9-3-2-4-10-5-7-11(8-6-10)12(13)14/h5-8H,2-4,9H2,1H3,(H2,13,14). The number of benzene rings is 1. The van der Waals surface area contributed by atoms with Crippen LogP contribution in [-0.4, -0.2) is 26.3 Å². The molecule has 1 amide bonds. The Morgan fingerprint density at radius 2 is 1.76 bits per heavy atom. The van der Waals surface area contributed by atoms with E-state index in [0.717, 1.165) is 18.4 Å². The lowest BCUT2D eigenvalue weighted by Gasteiger charge is -2.02. The molecule has 0 unspecified atom stereocenters. The third-order valence-corrected chi connectivity index (χ3v) is 3.50. The van der Waals surface area contributed by atoms with Crippen LogP contribution in [0.25, 0.3) is 0 Å². The molecule has 0 radical (unpaired) electrons. The molecule has 0 spiro atoms. The second-order valence-electron chi connectivity index (χ2n) is 4.15. The van der Waals surface area contributed by atoms with Crippen molar-refractivity contribution in [2.24, 2.45) is 5.73 Å². The minimum Gasteiger partial charge on any atom is -0.366 e. The number of aryl methyl sites for hydroxylation is 1. The van der Waals surface area contributed by atoms with E-state index in [4.69, 9.17) is 5.73 Å². The number of hydrogen-bond donors (Lipinski definition) is 1. The lowest BCUT2D eigenvalue weighted by Crippen LogP contribution is -2.10. The monoisotopic (exact) mass is 255 g/mol. The van der Waals surface area contributed by atoms with Crippen molar-refractivity contribution in [1.29, 1.82) is 0 Å². The number of hydrogen-bond acceptors (Lipinski definition) is 3. The Balaban J connectivity index is 2.40. The number of unbranched alkanes of at least 4 members (excludes halogenated alkanes) is 1. The molecule has 4 nitrogen and oxygen atoms in total. The van der Waals surface area contributed by atoms with E-state index in [9.17, 15) is 13.2 Å². The van der Waals surface area contributed by atoms with Gasteiger partial charge in [-0.3, -0.25) is 4.79 Å². The van der Waals surface area contributed by atoms with Gasteiger partial charge in [0, 0.05) is 17.6 Å². The van der Waals surface area contributed by atoms with Crippen LogP contribution in [0.5, 0.6) is 0 Å². The second kappa shape index (κ2) is 5.82. The predicted molar refractivity (Wildman–Crippen MR) is 67.6 cm³/mol. The first kappa shape index (κ1) is 13.7. The highest BCUT2D eigenvalue weighted by Crippen LogP contribution is 2.08. The number of carbonyl (C=O) groups is 1. The third kappa shape index (κ3) is 5.49. The summed E-state index contributed by atoms with van der Waals surface area (Å²) in [6, 6.07) is 7.07. The molecular weight excluding hydrogens is 238 g/mol. The molecule has 1 aromatic carbocycles. The Hall–Kier alpha value is -1.36. The van der Waals surface area contributed by atoms with Gasteiger partial charge in [0.2, 0.25) is 5.91 Å². The molecule has 5 heteroatoms. The Morgan fingerprint density at radius 3 is 2.24 bits per heavy atom. The molecule has 0 aliphatic heterocycles. The summed E-state index contributed by atoms with van der Waals surface area (Å²) in [5, 5.41) is 0. The molecule has 17 heavy (non-hydrogen) atoms. The van der Waals surface area contributed by atoms with Gasteiger partial charge in [-0.1, -0.05) is 12.1 Å². The molecule has 0 bridgehead atoms. The lowest BCUT2D eigenvalue weighted by atomic mass is 10.1. The molecule has 0 aliphatic carbocycles. The third-order valence-electron chi connectivity index (χ3n) is 2.47. The smallest absolute Gasteiger partial charge is 0.248 e. The number of rotatable bonds is 6. The van der Waals surface area contributed by atoms with Crippen molar-refractivity contribution >= 4 is 15.7 Å². The molecule has 0 aliphatic rings. The fraction of sp³-hybridized carbons (Fsp3) is 0.417. The average molecular weight is 255 g/mol. The van der Waals surface area contributed by atoms with Crippen LogP contribution in [0.2, 0.25) is 0 Å². The molecule has 2 N–H and O–H groups in total. The minimum atomic E-state index is -2.86. The normalized spacial score (nSPS) is 11.4. The van der Waals surface area contributed by atoms with E-state index in [-0.39, 0.29) is 5.75 Å². The fourth-order valence-electron chi connectivity index (χ4n) is 1.53. The van der Waals surface area contributed by atoms with Crippen LogP contribution in [-0.2, 0) is 16.3 Å². The lowest BCUT2D eigenvalue weighted by molar-refractivity contribution is 0.100. The number of primary amides is 1. The van der Waals surface area contributed by atoms with Crippen molar-refractivity contribution in [3.8, 4) is 0 Å². The Labute approximate surface area is 102 Å². The summed E-state index contributed by atoms with van der Waals surface area (Å²) in [7, 11) is -2.86. The van der Waals surface area contributed by atoms with Gasteiger partial charge >= 0.3 is 0 Å². The van der Waals surface area contributed by atoms with E-state index in [1.807, 2.05) is 12.1 Å². The molecule has 0 saturated carbocycles. The fourth-order valence-corrected chi connectivity index (χ4v) is 2.26. The van der Waals surface area contributed by atoms with Crippen molar-refractivity contribution < 1.29 is 13.2 Å². The van der Waals surface area contributed by atoms with Gasteiger partial charge in [0.05, 0.1) is 0 Å². The summed E-state index contributed by atoms with van der Waals surface area (Å²) in [6.07, 6.45) is 3.54. The zero-order valence-electron chi connectivity index (χ0n) is 9.85. The minimum absolute atomic E-state index is 0.229. The van der Waals surface area contributed by atoms with Crippen LogP contribution < -0.4 is 5.73 Å². The first-order valence-electron chi connectivity index (χ1n) is 5.45. The number of nitrogens with two attached hydrogens (primary N) is 1. The summed E-state index contributed by atoms with van der Waals surface area (Å²) in [5.41, 5.74) is 6.70. The van der Waals surface area contributed by atoms with E-state index in [1.54, 1.807) is 12.1 Å². The molecule has 0 heterocycles. The SMILES string of the molecule is CS(=O)(=O)CCCCc1ccc(C(N)=O)cc1. The van der Waals surface area contributed by atoms with Crippen molar-refractivity contribution in [1.82, 2.24) is 0 Å². The topological polar surface area (TPSA) is 77.2 Å². The summed E-state index contributed by atoms with van der Waals surface area (Å²) >= 11 is 0. The molecule has 0 aromatic heterocycles. The highest BCUT2D eigenvalue weighted by molar-refractivity contribution is 7.90. The molecule has 1 aromatic rings. The highest BCUT2D eigenvalue weighted by Gasteiger charge is 2.02. The van der Waals surface area contributed by atoms with Gasteiger partial charge in [-0.05, 0) is 37.0 Å². The van der Waals surface area contributed by atoms with Crippen molar-refractivity contribution in [3.63, 3.8) is 0 Å². The van der Waals surface area contributed by atoms with Gasteiger partial charge in [-0.2, -0.15) is 0 Å². The van der Waals surface area contributed by atoms with Crippen LogP contribution in [0.3, 0.4) is 0 Å². The number of carbonyl (C=O) groups excluding carboxylic acids is 1. The molecule has 0 saturated heterocycles. The van der Waals surface area contributed by atoms with Gasteiger partial charge in [0.15, 0.2) is 0 Å². The Bertz CT molecular complexity index is 477. The van der Waals surface area contributed by atoms with Crippen LogP contribution >= 0.6 is 0 Å². The highest BCUT2D eigenvalue weighted by atomic mass is 32.2. The summed E-state index contributed by atoms with van der Waals surface area (Å²) in [6.45, 7) is 0. The Kier molecular flexibility index (Phi) is 4.69. The largest absolute Gasteiger partial charge is 0.366 e. The average Bonchev–Trinajstić information content (AvgIpc) is 2.24. The van der Waals surface area contributed by atoms with Crippen molar-refractivity contribution in [3.05, 3.63) is 35.4 Å². The van der Waals surface area contributed by atoms with Crippen LogP contribution in [0.1, 0.15) is 28.8 Å². The van der Waals surface area contributed by atoms with E-state index >= 15 is 0 Å². The number of amides is 1. The summed E-state index contributed by atoms with van der Waals surface area (Å²) in [5.74, 6) is -0.208. The number of sulfone groups is 1. The maximum Gasteiger partial charge on any atom is 0.248 e. The van der Waals surface area contributed by atoms with Crippen molar-refractivity contribution in [2.75, 3.05) is 12.0 Å². The quantitative estimate of drug-likeness (QED) is 0.775. The van der Waals surface area contributed by atoms with E-state index in [1.165, 1.54) is 6.26 Å². The zero-order chi connectivity index (χ0) is 12.9. The predicted octanol–water partition coefficient (Wildman–Crippen LogP) is 1.15. The van der Waals surface area contributed by atoms with Gasteiger partial charge in [0.25, 0.3) is 0 Å². The second-order valence-corrected chi connectivity index (χ2v) is 6.41. The summed E-state index contributed by atoms with van der Waals surface area (Å²) in [4.78, 5) is 10.8. The van der Waals surface area contributed by atoms with Gasteiger partial charge in [-0.15, -0.1) is 0 Å². The zero-order valence-corrected chi connectivity index (χ0v) is 10.7. The van der Waals surface area contributed by atoms with Crippen LogP contribution in [0.4, 0.5) is 0 Å². The van der Waals surface area contributed by atoms with Crippen LogP contribution in [0.15, 0.2) is 24.3 Å². The Morgan fingerprint density at radius 1 is 1.18 bits per heavy atom. The summed E-state index contributed by atoms with van der Waals surface area (Å²) < 4.78 is 21.8. The molecule has 1 rings (SSSR count). The first-order valence-corrected chi connectivity index (χ1v) is 7.51. The molecule has 94 valence electrons. The van der Waals surface area contributed by atoms with E-state index in [0.29, 0.717) is 12.0 Å². The van der Waals surface area contributed by atoms with Crippen molar-refractivity contribution in [2.45, 2.75) is 19.3 Å². The molecule has 0 fully saturated rings. The molecule has 0 atom stereocenters. The maximum absolute atomic E-state index is 10.9. The first-order chi connectivity index (χ1) is 7.88. The van der Waals surface area contributed by atoms with E-state index < -0.39 is 15.7 Å². The maximum atomic E-state index is 10.9. The van der Waals surface area contributed by atoms with E-state index in [2.05, 4.69) is 0 Å². The van der Waals surface area contributed by atoms with Gasteiger partial charge in [0.1, 0.15) is 9.84 Å². The van der Waals surface area contributed by atoms with Gasteiger partial charge < -0.3 is 5.73 Å². The molecular formula is C12H17NO3S. The van der Waals surface area contributed by atoms with Gasteiger partial charge in [-0.25, -0.2) is 8.42 Å².